The number of hydrogen-bond acceptors (Lipinski definition) is 4. The van der Waals surface area contributed by atoms with Crippen molar-refractivity contribution in [3.63, 3.8) is 0 Å². The SMILES string of the molecule is Cl.N#CC1C2CN(c3ccccc3)CC12.N#CC1C2CNCC12. The van der Waals surface area contributed by atoms with Crippen molar-refractivity contribution in [2.75, 3.05) is 31.1 Å². The molecule has 2 saturated heterocycles. The number of benzene rings is 1. The van der Waals surface area contributed by atoms with Crippen molar-refractivity contribution in [3.05, 3.63) is 30.3 Å². The van der Waals surface area contributed by atoms with Gasteiger partial charge in [0.05, 0.1) is 24.0 Å². The molecule has 2 aliphatic heterocycles. The summed E-state index contributed by atoms with van der Waals surface area (Å²) in [6, 6.07) is 15.2. The van der Waals surface area contributed by atoms with Crippen LogP contribution in [0.15, 0.2) is 30.3 Å². The van der Waals surface area contributed by atoms with E-state index in [1.54, 1.807) is 0 Å². The van der Waals surface area contributed by atoms with Gasteiger partial charge in [0.1, 0.15) is 0 Å². The Bertz CT molecular complexity index is 613. The maximum atomic E-state index is 8.80. The summed E-state index contributed by atoms with van der Waals surface area (Å²) >= 11 is 0. The first-order chi connectivity index (χ1) is 10.8. The Hall–Kier alpha value is -1.75. The van der Waals surface area contributed by atoms with Crippen LogP contribution in [0.1, 0.15) is 0 Å². The standard InChI is InChI=1S/C12H12N2.C6H8N2.ClH/c13-6-10-11-7-14(8-12(10)11)9-4-2-1-3-5-9;7-1-4-5-2-8-3-6(4)5;/h1-5,10-12H,7-8H2;4-6,8H,2-3H2;1H. The van der Waals surface area contributed by atoms with Crippen LogP contribution in [0.25, 0.3) is 0 Å². The molecule has 4 atom stereocenters. The van der Waals surface area contributed by atoms with Gasteiger partial charge < -0.3 is 10.2 Å². The highest BCUT2D eigenvalue weighted by molar-refractivity contribution is 5.85. The number of piperidine rings is 2. The molecule has 0 aromatic heterocycles. The number of halogens is 1. The van der Waals surface area contributed by atoms with Gasteiger partial charge in [-0.2, -0.15) is 10.5 Å². The first kappa shape index (κ1) is 16.1. The molecule has 1 aromatic carbocycles. The number of nitrogens with one attached hydrogen (secondary N) is 1. The third-order valence-corrected chi connectivity index (χ3v) is 5.71. The van der Waals surface area contributed by atoms with Crippen LogP contribution in [0.5, 0.6) is 0 Å². The molecule has 120 valence electrons. The summed E-state index contributed by atoms with van der Waals surface area (Å²) in [5, 5.41) is 20.5. The molecule has 2 aliphatic carbocycles. The summed E-state index contributed by atoms with van der Waals surface area (Å²) in [7, 11) is 0. The van der Waals surface area contributed by atoms with Crippen molar-refractivity contribution in [2.45, 2.75) is 0 Å². The summed E-state index contributed by atoms with van der Waals surface area (Å²) in [4.78, 5) is 2.39. The number of fused-ring (bicyclic) bond motifs is 2. The van der Waals surface area contributed by atoms with Crippen LogP contribution in [0.4, 0.5) is 5.69 Å². The van der Waals surface area contributed by atoms with E-state index in [-0.39, 0.29) is 12.4 Å². The van der Waals surface area contributed by atoms with E-state index in [1.807, 2.05) is 6.07 Å². The van der Waals surface area contributed by atoms with Gasteiger partial charge in [0.25, 0.3) is 0 Å². The third kappa shape index (κ3) is 2.90. The first-order valence-electron chi connectivity index (χ1n) is 8.13. The second kappa shape index (κ2) is 6.40. The lowest BCUT2D eigenvalue weighted by Gasteiger charge is -2.20. The molecule has 2 saturated carbocycles. The molecule has 2 heterocycles. The third-order valence-electron chi connectivity index (χ3n) is 5.71. The summed E-state index contributed by atoms with van der Waals surface area (Å²) in [5.41, 5.74) is 1.30. The minimum Gasteiger partial charge on any atom is -0.371 e. The molecular weight excluding hydrogens is 308 g/mol. The molecule has 0 bridgehead atoms. The zero-order chi connectivity index (χ0) is 15.1. The topological polar surface area (TPSA) is 62.9 Å². The van der Waals surface area contributed by atoms with Gasteiger partial charge in [-0.05, 0) is 48.9 Å². The van der Waals surface area contributed by atoms with Crippen molar-refractivity contribution >= 4 is 18.1 Å². The molecule has 1 aromatic rings. The lowest BCUT2D eigenvalue weighted by Crippen LogP contribution is -2.23. The lowest BCUT2D eigenvalue weighted by molar-refractivity contribution is 0.675. The van der Waals surface area contributed by atoms with Gasteiger partial charge in [-0.1, -0.05) is 18.2 Å². The van der Waals surface area contributed by atoms with Gasteiger partial charge in [0.15, 0.2) is 0 Å². The Labute approximate surface area is 143 Å². The summed E-state index contributed by atoms with van der Waals surface area (Å²) in [5.74, 6) is 3.52. The van der Waals surface area contributed by atoms with Crippen LogP contribution < -0.4 is 10.2 Å². The quantitative estimate of drug-likeness (QED) is 0.859. The summed E-state index contributed by atoms with van der Waals surface area (Å²) < 4.78 is 0. The van der Waals surface area contributed by atoms with Crippen molar-refractivity contribution in [3.8, 4) is 12.1 Å². The Balaban J connectivity index is 0.000000149. The molecule has 4 aliphatic rings. The van der Waals surface area contributed by atoms with Gasteiger partial charge >= 0.3 is 0 Å². The normalized spacial score (nSPS) is 37.9. The monoisotopic (exact) mass is 328 g/mol. The highest BCUT2D eigenvalue weighted by atomic mass is 35.5. The van der Waals surface area contributed by atoms with Crippen molar-refractivity contribution in [1.29, 1.82) is 10.5 Å². The first-order valence-corrected chi connectivity index (χ1v) is 8.13. The Morgan fingerprint density at radius 1 is 0.870 bits per heavy atom. The van der Waals surface area contributed by atoms with Gasteiger partial charge in [0.2, 0.25) is 0 Å². The van der Waals surface area contributed by atoms with Crippen molar-refractivity contribution < 1.29 is 0 Å². The second-order valence-electron chi connectivity index (χ2n) is 6.86. The van der Waals surface area contributed by atoms with E-state index in [0.29, 0.717) is 23.7 Å². The maximum Gasteiger partial charge on any atom is 0.0663 e. The zero-order valence-electron chi connectivity index (χ0n) is 12.9. The second-order valence-corrected chi connectivity index (χ2v) is 6.86. The fourth-order valence-electron chi connectivity index (χ4n) is 4.18. The van der Waals surface area contributed by atoms with Crippen LogP contribution in [0.3, 0.4) is 0 Å². The van der Waals surface area contributed by atoms with Gasteiger partial charge in [-0.25, -0.2) is 0 Å². The molecule has 5 heteroatoms. The predicted molar refractivity (Wildman–Crippen MR) is 90.9 cm³/mol. The highest BCUT2D eigenvalue weighted by Gasteiger charge is 2.56. The van der Waals surface area contributed by atoms with E-state index >= 15 is 0 Å². The van der Waals surface area contributed by atoms with E-state index in [9.17, 15) is 0 Å². The number of nitriles is 2. The van der Waals surface area contributed by atoms with E-state index in [0.717, 1.165) is 38.0 Å². The molecule has 1 N–H and O–H groups in total. The molecule has 0 spiro atoms. The van der Waals surface area contributed by atoms with Crippen LogP contribution in [0, 0.1) is 58.2 Å². The number of hydrogen-bond donors (Lipinski definition) is 1. The van der Waals surface area contributed by atoms with Crippen LogP contribution in [0.2, 0.25) is 0 Å². The summed E-state index contributed by atoms with van der Waals surface area (Å²) in [6.07, 6.45) is 0. The lowest BCUT2D eigenvalue weighted by atomic mass is 10.2. The van der Waals surface area contributed by atoms with Crippen LogP contribution in [-0.4, -0.2) is 26.2 Å². The largest absolute Gasteiger partial charge is 0.371 e. The summed E-state index contributed by atoms with van der Waals surface area (Å²) in [6.45, 7) is 4.32. The highest BCUT2D eigenvalue weighted by Crippen LogP contribution is 2.52. The average Bonchev–Trinajstić information content (AvgIpc) is 3.25. The number of rotatable bonds is 1. The minimum atomic E-state index is 0. The fraction of sp³-hybridized carbons (Fsp3) is 0.556. The smallest absolute Gasteiger partial charge is 0.0663 e. The zero-order valence-corrected chi connectivity index (χ0v) is 13.7. The Kier molecular flexibility index (Phi) is 4.48. The maximum absolute atomic E-state index is 8.80. The van der Waals surface area contributed by atoms with Gasteiger partial charge in [0, 0.05) is 18.8 Å². The van der Waals surface area contributed by atoms with Gasteiger partial charge in [-0.3, -0.25) is 0 Å². The van der Waals surface area contributed by atoms with Gasteiger partial charge in [-0.15, -0.1) is 12.4 Å². The molecule has 23 heavy (non-hydrogen) atoms. The van der Waals surface area contributed by atoms with E-state index < -0.39 is 0 Å². The van der Waals surface area contributed by atoms with E-state index in [1.165, 1.54) is 5.69 Å². The molecule has 0 amide bonds. The van der Waals surface area contributed by atoms with Crippen molar-refractivity contribution in [1.82, 2.24) is 5.32 Å². The number of anilines is 1. The molecule has 4 fully saturated rings. The Morgan fingerprint density at radius 3 is 1.87 bits per heavy atom. The predicted octanol–water partition coefficient (Wildman–Crippen LogP) is 2.29. The number of para-hydroxylation sites is 1. The molecule has 0 radical (unpaired) electrons. The van der Waals surface area contributed by atoms with E-state index in [2.05, 4.69) is 46.6 Å². The number of nitrogens with zero attached hydrogens (tertiary/aromatic N) is 3. The fourth-order valence-corrected chi connectivity index (χ4v) is 4.18. The molecular formula is C18H21ClN4. The molecule has 4 nitrogen and oxygen atoms in total. The van der Waals surface area contributed by atoms with Crippen molar-refractivity contribution in [2.24, 2.45) is 35.5 Å². The Morgan fingerprint density at radius 2 is 1.39 bits per heavy atom. The molecule has 5 rings (SSSR count). The van der Waals surface area contributed by atoms with E-state index in [4.69, 9.17) is 10.5 Å². The van der Waals surface area contributed by atoms with Crippen LogP contribution >= 0.6 is 12.4 Å². The molecule has 4 unspecified atom stereocenters. The average molecular weight is 329 g/mol. The van der Waals surface area contributed by atoms with Crippen LogP contribution in [-0.2, 0) is 0 Å². The minimum absolute atomic E-state index is 0.